The molecule has 0 saturated carbocycles. The van der Waals surface area contributed by atoms with Gasteiger partial charge in [0, 0.05) is 45.5 Å². The summed E-state index contributed by atoms with van der Waals surface area (Å²) in [6.45, 7) is 6.92. The van der Waals surface area contributed by atoms with Gasteiger partial charge in [-0.3, -0.25) is 14.8 Å². The van der Waals surface area contributed by atoms with Crippen LogP contribution in [0.15, 0.2) is 79.0 Å². The summed E-state index contributed by atoms with van der Waals surface area (Å²) >= 11 is 0. The second-order valence-electron chi connectivity index (χ2n) is 7.96. The monoisotopic (exact) mass is 397 g/mol. The van der Waals surface area contributed by atoms with Crippen LogP contribution < -0.4 is 0 Å². The van der Waals surface area contributed by atoms with E-state index in [4.69, 9.17) is 4.98 Å². The zero-order chi connectivity index (χ0) is 20.2. The van der Waals surface area contributed by atoms with Gasteiger partial charge in [0.2, 0.25) is 0 Å². The van der Waals surface area contributed by atoms with Gasteiger partial charge in [-0.25, -0.2) is 4.98 Å². The lowest BCUT2D eigenvalue weighted by Crippen LogP contribution is -2.45. The predicted octanol–water partition coefficient (Wildman–Crippen LogP) is 3.80. The largest absolute Gasteiger partial charge is 0.322 e. The molecule has 5 heteroatoms. The molecule has 5 rings (SSSR count). The van der Waals surface area contributed by atoms with Gasteiger partial charge >= 0.3 is 0 Å². The van der Waals surface area contributed by atoms with Crippen LogP contribution in [0.3, 0.4) is 0 Å². The Bertz CT molecular complexity index is 1080. The summed E-state index contributed by atoms with van der Waals surface area (Å²) in [5, 5.41) is 0. The van der Waals surface area contributed by atoms with Gasteiger partial charge in [0.05, 0.1) is 23.3 Å². The van der Waals surface area contributed by atoms with Gasteiger partial charge in [0.1, 0.15) is 5.82 Å². The van der Waals surface area contributed by atoms with Crippen molar-refractivity contribution in [1.82, 2.24) is 24.3 Å². The highest BCUT2D eigenvalue weighted by molar-refractivity contribution is 5.76. The van der Waals surface area contributed by atoms with Crippen molar-refractivity contribution in [2.45, 2.75) is 19.6 Å². The number of pyridine rings is 1. The minimum absolute atomic E-state index is 0.857. The summed E-state index contributed by atoms with van der Waals surface area (Å²) in [7, 11) is 0. The first-order valence-corrected chi connectivity index (χ1v) is 10.7. The Morgan fingerprint density at radius 1 is 0.667 bits per heavy atom. The molecule has 1 aliphatic heterocycles. The van der Waals surface area contributed by atoms with Crippen LogP contribution in [0.25, 0.3) is 11.0 Å². The number of imidazole rings is 1. The average molecular weight is 398 g/mol. The van der Waals surface area contributed by atoms with Gasteiger partial charge in [0.25, 0.3) is 0 Å². The highest BCUT2D eigenvalue weighted by Gasteiger charge is 2.20. The standard InChI is InChI=1S/C25H27N5/c1-2-8-21(9-3-1)18-30-24-12-5-4-11-23(24)27-25(30)20-29-16-14-28(15-17-29)19-22-10-6-7-13-26-22/h1-13H,14-20H2. The number of para-hydroxylation sites is 2. The maximum absolute atomic E-state index is 4.99. The average Bonchev–Trinajstić information content (AvgIpc) is 3.13. The van der Waals surface area contributed by atoms with E-state index in [0.29, 0.717) is 0 Å². The smallest absolute Gasteiger partial charge is 0.124 e. The first kappa shape index (κ1) is 19.0. The van der Waals surface area contributed by atoms with Crippen molar-refractivity contribution >= 4 is 11.0 Å². The van der Waals surface area contributed by atoms with Crippen molar-refractivity contribution in [3.8, 4) is 0 Å². The fourth-order valence-corrected chi connectivity index (χ4v) is 4.21. The lowest BCUT2D eigenvalue weighted by molar-refractivity contribution is 0.118. The first-order valence-electron chi connectivity index (χ1n) is 10.7. The van der Waals surface area contributed by atoms with Gasteiger partial charge in [-0.05, 0) is 29.8 Å². The third-order valence-electron chi connectivity index (χ3n) is 5.86. The Hall–Kier alpha value is -3.02. The van der Waals surface area contributed by atoms with Crippen molar-refractivity contribution in [2.24, 2.45) is 0 Å². The van der Waals surface area contributed by atoms with Crippen LogP contribution in [0, 0.1) is 0 Å². The molecule has 4 aromatic rings. The van der Waals surface area contributed by atoms with Gasteiger partial charge in [-0.15, -0.1) is 0 Å². The Kier molecular flexibility index (Phi) is 5.55. The molecule has 1 saturated heterocycles. The number of aromatic nitrogens is 3. The van der Waals surface area contributed by atoms with Crippen LogP contribution in [0.5, 0.6) is 0 Å². The maximum Gasteiger partial charge on any atom is 0.124 e. The second-order valence-corrected chi connectivity index (χ2v) is 7.96. The van der Waals surface area contributed by atoms with E-state index in [1.165, 1.54) is 11.1 Å². The number of fused-ring (bicyclic) bond motifs is 1. The summed E-state index contributed by atoms with van der Waals surface area (Å²) < 4.78 is 2.38. The van der Waals surface area contributed by atoms with Crippen molar-refractivity contribution in [2.75, 3.05) is 26.2 Å². The molecule has 0 aliphatic carbocycles. The van der Waals surface area contributed by atoms with E-state index in [2.05, 4.69) is 86.1 Å². The van der Waals surface area contributed by atoms with Crippen LogP contribution in [0.4, 0.5) is 0 Å². The van der Waals surface area contributed by atoms with E-state index in [1.54, 1.807) is 0 Å². The van der Waals surface area contributed by atoms with Crippen LogP contribution in [-0.2, 0) is 19.6 Å². The Labute approximate surface area is 177 Å². The third kappa shape index (κ3) is 4.27. The van der Waals surface area contributed by atoms with Crippen molar-refractivity contribution in [3.63, 3.8) is 0 Å². The number of piperazine rings is 1. The first-order chi connectivity index (χ1) is 14.8. The molecule has 0 amide bonds. The minimum Gasteiger partial charge on any atom is -0.322 e. The number of nitrogens with zero attached hydrogens (tertiary/aromatic N) is 5. The van der Waals surface area contributed by atoms with Crippen LogP contribution >= 0.6 is 0 Å². The molecule has 0 bridgehead atoms. The number of hydrogen-bond donors (Lipinski definition) is 0. The van der Waals surface area contributed by atoms with E-state index in [1.807, 2.05) is 12.3 Å². The van der Waals surface area contributed by atoms with Gasteiger partial charge in [-0.1, -0.05) is 48.5 Å². The molecule has 0 N–H and O–H groups in total. The quantitative estimate of drug-likeness (QED) is 0.496. The Morgan fingerprint density at radius 3 is 2.13 bits per heavy atom. The fraction of sp³-hybridized carbons (Fsp3) is 0.280. The molecule has 2 aromatic carbocycles. The highest BCUT2D eigenvalue weighted by atomic mass is 15.3. The highest BCUT2D eigenvalue weighted by Crippen LogP contribution is 2.20. The zero-order valence-corrected chi connectivity index (χ0v) is 17.2. The summed E-state index contributed by atoms with van der Waals surface area (Å²) in [6.07, 6.45) is 1.88. The second kappa shape index (κ2) is 8.78. The zero-order valence-electron chi connectivity index (χ0n) is 17.2. The van der Waals surface area contributed by atoms with Crippen molar-refractivity contribution in [3.05, 3.63) is 96.1 Å². The number of benzene rings is 2. The van der Waals surface area contributed by atoms with Gasteiger partial charge in [-0.2, -0.15) is 0 Å². The van der Waals surface area contributed by atoms with Crippen LogP contribution in [0.2, 0.25) is 0 Å². The summed E-state index contributed by atoms with van der Waals surface area (Å²) in [5.41, 5.74) is 4.75. The molecule has 152 valence electrons. The lowest BCUT2D eigenvalue weighted by Gasteiger charge is -2.34. The maximum atomic E-state index is 4.99. The molecule has 30 heavy (non-hydrogen) atoms. The molecule has 0 radical (unpaired) electrons. The summed E-state index contributed by atoms with van der Waals surface area (Å²) in [6, 6.07) is 25.3. The molecule has 0 spiro atoms. The molecule has 2 aromatic heterocycles. The summed E-state index contributed by atoms with van der Waals surface area (Å²) in [4.78, 5) is 14.5. The van der Waals surface area contributed by atoms with Crippen molar-refractivity contribution < 1.29 is 0 Å². The van der Waals surface area contributed by atoms with Crippen LogP contribution in [0.1, 0.15) is 17.1 Å². The molecule has 1 fully saturated rings. The number of rotatable bonds is 6. The fourth-order valence-electron chi connectivity index (χ4n) is 4.21. The van der Waals surface area contributed by atoms with E-state index >= 15 is 0 Å². The molecular formula is C25H27N5. The summed E-state index contributed by atoms with van der Waals surface area (Å²) in [5.74, 6) is 1.15. The van der Waals surface area contributed by atoms with E-state index in [-0.39, 0.29) is 0 Å². The molecule has 3 heterocycles. The minimum atomic E-state index is 0.857. The molecule has 0 atom stereocenters. The molecule has 0 unspecified atom stereocenters. The lowest BCUT2D eigenvalue weighted by atomic mass is 10.2. The topological polar surface area (TPSA) is 37.2 Å². The Morgan fingerprint density at radius 2 is 1.37 bits per heavy atom. The predicted molar refractivity (Wildman–Crippen MR) is 120 cm³/mol. The van der Waals surface area contributed by atoms with Gasteiger partial charge in [0.15, 0.2) is 0 Å². The van der Waals surface area contributed by atoms with Gasteiger partial charge < -0.3 is 4.57 Å². The third-order valence-corrected chi connectivity index (χ3v) is 5.86. The van der Waals surface area contributed by atoms with E-state index in [9.17, 15) is 0 Å². The molecule has 1 aliphatic rings. The molecular weight excluding hydrogens is 370 g/mol. The number of hydrogen-bond acceptors (Lipinski definition) is 4. The van der Waals surface area contributed by atoms with E-state index < -0.39 is 0 Å². The van der Waals surface area contributed by atoms with E-state index in [0.717, 1.165) is 62.8 Å². The van der Waals surface area contributed by atoms with Crippen molar-refractivity contribution in [1.29, 1.82) is 0 Å². The van der Waals surface area contributed by atoms with Crippen LogP contribution in [-0.4, -0.2) is 50.5 Å². The normalized spacial score (nSPS) is 15.6. The molecule has 5 nitrogen and oxygen atoms in total. The Balaban J connectivity index is 1.29. The SMILES string of the molecule is c1ccc(Cn2c(CN3CCN(Cc4ccccn4)CC3)nc3ccccc32)cc1.